The fourth-order valence-corrected chi connectivity index (χ4v) is 1.64. The highest BCUT2D eigenvalue weighted by atomic mass is 32.1. The van der Waals surface area contributed by atoms with E-state index in [4.69, 9.17) is 18.0 Å². The highest BCUT2D eigenvalue weighted by Gasteiger charge is 2.06. The van der Waals surface area contributed by atoms with Crippen LogP contribution in [-0.2, 0) is 0 Å². The molecule has 0 bridgehead atoms. The van der Waals surface area contributed by atoms with Gasteiger partial charge < -0.3 is 11.1 Å². The summed E-state index contributed by atoms with van der Waals surface area (Å²) in [6.45, 7) is 1.91. The molecule has 7 heteroatoms. The number of rotatable bonds is 2. The van der Waals surface area contributed by atoms with Gasteiger partial charge in [-0.05, 0) is 49.0 Å². The molecule has 0 fully saturated rings. The molecule has 0 aliphatic carbocycles. The van der Waals surface area contributed by atoms with Gasteiger partial charge in [0.25, 0.3) is 0 Å². The zero-order valence-corrected chi connectivity index (χ0v) is 11.5. The molecule has 5 nitrogen and oxygen atoms in total. The van der Waals surface area contributed by atoms with Crippen molar-refractivity contribution in [2.24, 2.45) is 10.7 Å². The summed E-state index contributed by atoms with van der Waals surface area (Å²) in [7, 11) is 0. The van der Waals surface area contributed by atoms with Gasteiger partial charge >= 0.3 is 0 Å². The van der Waals surface area contributed by atoms with Crippen molar-refractivity contribution < 1.29 is 4.39 Å². The molecule has 0 radical (unpaired) electrons. The molecule has 20 heavy (non-hydrogen) atoms. The standard InChI is InChI=1S/C13H12FN5S/c1-8-4-6-16-10(7-8)11(15)18-13(20)19-12-9(14)3-2-5-17-12/h2-7H,1H3,(H3,15,17,18,19,20). The summed E-state index contributed by atoms with van der Waals surface area (Å²) in [5.41, 5.74) is 7.31. The van der Waals surface area contributed by atoms with E-state index >= 15 is 0 Å². The number of amidine groups is 1. The summed E-state index contributed by atoms with van der Waals surface area (Å²) in [4.78, 5) is 11.9. The highest BCUT2D eigenvalue weighted by molar-refractivity contribution is 7.80. The lowest BCUT2D eigenvalue weighted by Crippen LogP contribution is -2.20. The maximum atomic E-state index is 13.4. The third kappa shape index (κ3) is 3.55. The Labute approximate surface area is 120 Å². The summed E-state index contributed by atoms with van der Waals surface area (Å²) in [6, 6.07) is 6.38. The number of nitrogens with zero attached hydrogens (tertiary/aromatic N) is 3. The lowest BCUT2D eigenvalue weighted by molar-refractivity contribution is 0.627. The Bertz CT molecular complexity index is 671. The Morgan fingerprint density at radius 2 is 2.15 bits per heavy atom. The van der Waals surface area contributed by atoms with Gasteiger partial charge in [-0.1, -0.05) is 0 Å². The maximum Gasteiger partial charge on any atom is 0.200 e. The number of aliphatic imine (C=N–C) groups is 1. The number of aromatic nitrogens is 2. The van der Waals surface area contributed by atoms with Gasteiger partial charge in [0, 0.05) is 12.4 Å². The first-order chi connectivity index (χ1) is 9.56. The van der Waals surface area contributed by atoms with Crippen molar-refractivity contribution >= 4 is 29.0 Å². The van der Waals surface area contributed by atoms with Crippen LogP contribution in [0.25, 0.3) is 0 Å². The molecule has 2 heterocycles. The van der Waals surface area contributed by atoms with Crippen LogP contribution in [0.15, 0.2) is 41.7 Å². The van der Waals surface area contributed by atoms with Crippen LogP contribution in [-0.4, -0.2) is 20.9 Å². The van der Waals surface area contributed by atoms with Gasteiger partial charge in [0.1, 0.15) is 5.69 Å². The van der Waals surface area contributed by atoms with Gasteiger partial charge in [0.2, 0.25) is 5.11 Å². The van der Waals surface area contributed by atoms with Crippen LogP contribution in [0.5, 0.6) is 0 Å². The van der Waals surface area contributed by atoms with Gasteiger partial charge in [0.15, 0.2) is 17.5 Å². The van der Waals surface area contributed by atoms with E-state index < -0.39 is 5.82 Å². The van der Waals surface area contributed by atoms with Crippen LogP contribution < -0.4 is 11.1 Å². The molecule has 2 aromatic rings. The third-order valence-electron chi connectivity index (χ3n) is 2.38. The zero-order chi connectivity index (χ0) is 14.5. The fourth-order valence-electron chi connectivity index (χ4n) is 1.45. The van der Waals surface area contributed by atoms with Gasteiger partial charge in [0.05, 0.1) is 0 Å². The van der Waals surface area contributed by atoms with Crippen molar-refractivity contribution in [3.05, 3.63) is 53.7 Å². The lowest BCUT2D eigenvalue weighted by Gasteiger charge is -2.05. The second-order valence-corrected chi connectivity index (χ2v) is 4.37. The van der Waals surface area contributed by atoms with Crippen molar-refractivity contribution in [2.75, 3.05) is 5.32 Å². The number of pyridine rings is 2. The monoisotopic (exact) mass is 289 g/mol. The summed E-state index contributed by atoms with van der Waals surface area (Å²) < 4.78 is 13.4. The molecular formula is C13H12FN5S. The predicted molar refractivity (Wildman–Crippen MR) is 80.1 cm³/mol. The van der Waals surface area contributed by atoms with Gasteiger partial charge in [-0.2, -0.15) is 0 Å². The normalized spacial score (nSPS) is 11.2. The predicted octanol–water partition coefficient (Wildman–Crippen LogP) is 2.03. The molecule has 0 aliphatic heterocycles. The largest absolute Gasteiger partial charge is 0.382 e. The quantitative estimate of drug-likeness (QED) is 0.502. The topological polar surface area (TPSA) is 76.2 Å². The van der Waals surface area contributed by atoms with Gasteiger partial charge in [-0.3, -0.25) is 4.98 Å². The average molecular weight is 289 g/mol. The summed E-state index contributed by atoms with van der Waals surface area (Å²) in [5.74, 6) is -0.355. The molecule has 0 aliphatic rings. The van der Waals surface area contributed by atoms with Crippen LogP contribution in [0.1, 0.15) is 11.3 Å². The van der Waals surface area contributed by atoms with Crippen molar-refractivity contribution in [3.8, 4) is 0 Å². The molecule has 2 rings (SSSR count). The van der Waals surface area contributed by atoms with Crippen LogP contribution in [0.2, 0.25) is 0 Å². The zero-order valence-electron chi connectivity index (χ0n) is 10.7. The van der Waals surface area contributed by atoms with Crippen molar-refractivity contribution in [1.29, 1.82) is 0 Å². The molecule has 0 saturated carbocycles. The SMILES string of the molecule is Cc1ccnc(C(N)=NC(=S)Nc2ncccc2F)c1. The fraction of sp³-hybridized carbons (Fsp3) is 0.0769. The minimum Gasteiger partial charge on any atom is -0.382 e. The Morgan fingerprint density at radius 1 is 1.35 bits per heavy atom. The van der Waals surface area contributed by atoms with Crippen LogP contribution in [0, 0.1) is 12.7 Å². The molecule has 0 aromatic carbocycles. The Morgan fingerprint density at radius 3 is 2.85 bits per heavy atom. The summed E-state index contributed by atoms with van der Waals surface area (Å²) >= 11 is 4.99. The second-order valence-electron chi connectivity index (χ2n) is 3.98. The van der Waals surface area contributed by atoms with Crippen LogP contribution in [0.3, 0.4) is 0 Å². The van der Waals surface area contributed by atoms with Gasteiger partial charge in [-0.15, -0.1) is 0 Å². The molecule has 0 amide bonds. The lowest BCUT2D eigenvalue weighted by atomic mass is 10.2. The molecule has 0 unspecified atom stereocenters. The van der Waals surface area contributed by atoms with E-state index in [1.807, 2.05) is 13.0 Å². The Balaban J connectivity index is 2.14. The smallest absolute Gasteiger partial charge is 0.200 e. The molecule has 0 spiro atoms. The Kier molecular flexibility index (Phi) is 4.31. The summed E-state index contributed by atoms with van der Waals surface area (Å²) in [5, 5.41) is 2.59. The van der Waals surface area contributed by atoms with Crippen molar-refractivity contribution in [1.82, 2.24) is 9.97 Å². The minimum absolute atomic E-state index is 0.00579. The van der Waals surface area contributed by atoms with Gasteiger partial charge in [-0.25, -0.2) is 14.4 Å². The van der Waals surface area contributed by atoms with E-state index in [0.29, 0.717) is 5.69 Å². The first-order valence-electron chi connectivity index (χ1n) is 5.75. The highest BCUT2D eigenvalue weighted by Crippen LogP contribution is 2.09. The van der Waals surface area contributed by atoms with Crippen molar-refractivity contribution in [3.63, 3.8) is 0 Å². The maximum absolute atomic E-state index is 13.4. The number of aryl methyl sites for hydroxylation is 1. The number of hydrogen-bond acceptors (Lipinski definition) is 3. The number of nitrogens with two attached hydrogens (primary N) is 1. The van der Waals surface area contributed by atoms with Crippen LogP contribution in [0.4, 0.5) is 10.2 Å². The first-order valence-corrected chi connectivity index (χ1v) is 6.16. The minimum atomic E-state index is -0.516. The average Bonchev–Trinajstić information content (AvgIpc) is 2.41. The number of halogens is 1. The molecule has 0 saturated heterocycles. The number of nitrogens with one attached hydrogen (secondary N) is 1. The van der Waals surface area contributed by atoms with E-state index in [9.17, 15) is 4.39 Å². The number of thiocarbonyl (C=S) groups is 1. The molecule has 0 atom stereocenters. The molecule has 3 N–H and O–H groups in total. The molecular weight excluding hydrogens is 277 g/mol. The third-order valence-corrected chi connectivity index (χ3v) is 2.58. The van der Waals surface area contributed by atoms with Crippen molar-refractivity contribution in [2.45, 2.75) is 6.92 Å². The van der Waals surface area contributed by atoms with E-state index in [2.05, 4.69) is 20.3 Å². The van der Waals surface area contributed by atoms with E-state index in [1.54, 1.807) is 12.3 Å². The van der Waals surface area contributed by atoms with E-state index in [1.165, 1.54) is 18.3 Å². The number of anilines is 1. The van der Waals surface area contributed by atoms with E-state index in [-0.39, 0.29) is 16.8 Å². The summed E-state index contributed by atoms with van der Waals surface area (Å²) in [6.07, 6.45) is 3.07. The van der Waals surface area contributed by atoms with E-state index in [0.717, 1.165) is 5.56 Å². The van der Waals surface area contributed by atoms with Crippen LogP contribution >= 0.6 is 12.2 Å². The Hall–Kier alpha value is -2.41. The molecule has 102 valence electrons. The second kappa shape index (κ2) is 6.16. The molecule has 2 aromatic heterocycles. The first kappa shape index (κ1) is 14.0. The number of hydrogen-bond donors (Lipinski definition) is 2.